The van der Waals surface area contributed by atoms with Gasteiger partial charge in [-0.05, 0) is 0 Å². The zero-order chi connectivity index (χ0) is 13.9. The number of aliphatic imine (C=N–C) groups is 1. The van der Waals surface area contributed by atoms with Gasteiger partial charge >= 0.3 is 129 Å². The van der Waals surface area contributed by atoms with Gasteiger partial charge in [-0.25, -0.2) is 0 Å². The van der Waals surface area contributed by atoms with Crippen molar-refractivity contribution in [2.75, 3.05) is 0 Å². The van der Waals surface area contributed by atoms with E-state index in [1.165, 1.54) is 47.1 Å². The minimum absolute atomic E-state index is 0. The van der Waals surface area contributed by atoms with Crippen molar-refractivity contribution in [2.24, 2.45) is 4.99 Å². The van der Waals surface area contributed by atoms with Crippen LogP contribution in [0, 0.1) is 0 Å². The van der Waals surface area contributed by atoms with Crippen LogP contribution in [0.15, 0.2) is 23.2 Å². The fourth-order valence-electron chi connectivity index (χ4n) is 2.72. The van der Waals surface area contributed by atoms with E-state index in [1.807, 2.05) is 0 Å². The van der Waals surface area contributed by atoms with Gasteiger partial charge in [0, 0.05) is 0 Å². The van der Waals surface area contributed by atoms with Gasteiger partial charge in [-0.2, -0.15) is 0 Å². The fourth-order valence-corrected chi connectivity index (χ4v) is 3.67. The molecule has 1 saturated carbocycles. The zero-order valence-electron chi connectivity index (χ0n) is 13.2. The average Bonchev–Trinajstić information content (AvgIpc) is 2.37. The van der Waals surface area contributed by atoms with Crippen LogP contribution in [0.2, 0.25) is 0 Å². The van der Waals surface area contributed by atoms with Crippen LogP contribution in [-0.2, 0) is 25.9 Å². The molecule has 0 unspecified atom stereocenters. The van der Waals surface area contributed by atoms with E-state index in [-0.39, 0.29) is 30.2 Å². The van der Waals surface area contributed by atoms with Gasteiger partial charge in [0.05, 0.1) is 0 Å². The fraction of sp³-hybridized carbons (Fsp3) is 0.588. The second kappa shape index (κ2) is 9.35. The molecule has 0 aliphatic heterocycles. The SMILES string of the molecule is CC(C)(C)c1cccc(C=NC2CCCCC2)[c]1[Ti].Cl.Cl. The van der Waals surface area contributed by atoms with Crippen molar-refractivity contribution in [3.05, 3.63) is 29.3 Å². The van der Waals surface area contributed by atoms with Crippen molar-refractivity contribution >= 4 is 34.9 Å². The van der Waals surface area contributed by atoms with Gasteiger partial charge < -0.3 is 0 Å². The maximum atomic E-state index is 4.81. The molecule has 1 nitrogen and oxygen atoms in total. The second-order valence-electron chi connectivity index (χ2n) is 6.59. The predicted octanol–water partition coefficient (Wildman–Crippen LogP) is 4.75. The van der Waals surface area contributed by atoms with Crippen LogP contribution < -0.4 is 3.87 Å². The summed E-state index contributed by atoms with van der Waals surface area (Å²) in [6, 6.07) is 7.16. The summed E-state index contributed by atoms with van der Waals surface area (Å²) >= 11 is 2.23. The number of hydrogen-bond acceptors (Lipinski definition) is 1. The van der Waals surface area contributed by atoms with Crippen molar-refractivity contribution in [3.63, 3.8) is 0 Å². The molecular formula is C17H26Cl2NTi. The number of hydrogen-bond donors (Lipinski definition) is 0. The summed E-state index contributed by atoms with van der Waals surface area (Å²) in [4.78, 5) is 4.81. The van der Waals surface area contributed by atoms with Gasteiger partial charge in [-0.15, -0.1) is 24.8 Å². The van der Waals surface area contributed by atoms with E-state index in [0.29, 0.717) is 6.04 Å². The Balaban J connectivity index is 0.00000200. The molecule has 0 radical (unpaired) electrons. The molecule has 0 heterocycles. The third kappa shape index (κ3) is 6.06. The van der Waals surface area contributed by atoms with Crippen LogP contribution in [0.5, 0.6) is 0 Å². The molecule has 0 bridgehead atoms. The molecule has 1 aromatic rings. The normalized spacial score (nSPS) is 16.3. The molecule has 4 heteroatoms. The van der Waals surface area contributed by atoms with Crippen LogP contribution in [0.4, 0.5) is 0 Å². The molecular weight excluding hydrogens is 337 g/mol. The third-order valence-corrected chi connectivity index (χ3v) is 4.78. The van der Waals surface area contributed by atoms with Crippen LogP contribution >= 0.6 is 24.8 Å². The first kappa shape index (κ1) is 21.2. The van der Waals surface area contributed by atoms with Crippen LogP contribution in [0.25, 0.3) is 0 Å². The molecule has 0 atom stereocenters. The minimum Gasteiger partial charge on any atom is -0.147 e. The summed E-state index contributed by atoms with van der Waals surface area (Å²) in [5.74, 6) is 0. The minimum atomic E-state index is 0. The molecule has 0 saturated heterocycles. The van der Waals surface area contributed by atoms with Gasteiger partial charge in [0.1, 0.15) is 0 Å². The van der Waals surface area contributed by atoms with E-state index in [1.54, 1.807) is 0 Å². The summed E-state index contributed by atoms with van der Waals surface area (Å²) in [6.45, 7) is 6.83. The summed E-state index contributed by atoms with van der Waals surface area (Å²) in [7, 11) is 0. The molecule has 21 heavy (non-hydrogen) atoms. The van der Waals surface area contributed by atoms with Crippen LogP contribution in [0.1, 0.15) is 64.0 Å². The number of nitrogens with zero attached hydrogens (tertiary/aromatic N) is 1. The summed E-state index contributed by atoms with van der Waals surface area (Å²) in [6.07, 6.45) is 8.75. The maximum Gasteiger partial charge on any atom is -0.147 e. The number of benzene rings is 1. The molecule has 1 aromatic carbocycles. The summed E-state index contributed by atoms with van der Waals surface area (Å²) < 4.78 is 1.38. The largest absolute Gasteiger partial charge is 0.147 e. The Morgan fingerprint density at radius 2 is 1.71 bits per heavy atom. The van der Waals surface area contributed by atoms with Crippen molar-refractivity contribution in [1.82, 2.24) is 0 Å². The molecule has 1 fully saturated rings. The first-order valence-electron chi connectivity index (χ1n) is 7.37. The number of rotatable bonds is 2. The van der Waals surface area contributed by atoms with Gasteiger partial charge in [0.2, 0.25) is 0 Å². The smallest absolute Gasteiger partial charge is 0.147 e. The van der Waals surface area contributed by atoms with Crippen LogP contribution in [0.3, 0.4) is 0 Å². The monoisotopic (exact) mass is 362 g/mol. The molecule has 1 aliphatic rings. The Kier molecular flexibility index (Phi) is 9.43. The Labute approximate surface area is 153 Å². The van der Waals surface area contributed by atoms with E-state index >= 15 is 0 Å². The summed E-state index contributed by atoms with van der Waals surface area (Å²) in [5, 5.41) is 0. The van der Waals surface area contributed by atoms with E-state index in [4.69, 9.17) is 4.99 Å². The molecule has 0 amide bonds. The third-order valence-electron chi connectivity index (χ3n) is 3.90. The van der Waals surface area contributed by atoms with Gasteiger partial charge in [0.25, 0.3) is 0 Å². The first-order valence-corrected chi connectivity index (χ1v) is 8.15. The molecule has 0 N–H and O–H groups in total. The Morgan fingerprint density at radius 3 is 2.29 bits per heavy atom. The van der Waals surface area contributed by atoms with Gasteiger partial charge in [0.15, 0.2) is 0 Å². The quantitative estimate of drug-likeness (QED) is 0.531. The molecule has 0 spiro atoms. The van der Waals surface area contributed by atoms with E-state index < -0.39 is 0 Å². The molecule has 0 aromatic heterocycles. The van der Waals surface area contributed by atoms with Crippen LogP contribution in [-0.4, -0.2) is 12.3 Å². The maximum absolute atomic E-state index is 4.81. The Bertz CT molecular complexity index is 460. The second-order valence-corrected chi connectivity index (χ2v) is 7.37. The van der Waals surface area contributed by atoms with Crippen molar-refractivity contribution in [2.45, 2.75) is 64.3 Å². The molecule has 1 aliphatic carbocycles. The zero-order valence-corrected chi connectivity index (χ0v) is 16.4. The average molecular weight is 363 g/mol. The topological polar surface area (TPSA) is 12.4 Å². The summed E-state index contributed by atoms with van der Waals surface area (Å²) in [5.41, 5.74) is 2.93. The number of halogens is 2. The van der Waals surface area contributed by atoms with Crippen molar-refractivity contribution in [3.8, 4) is 0 Å². The van der Waals surface area contributed by atoms with Crippen molar-refractivity contribution in [1.29, 1.82) is 0 Å². The van der Waals surface area contributed by atoms with E-state index in [0.717, 1.165) is 0 Å². The Hall–Kier alpha value is 0.184. The van der Waals surface area contributed by atoms with Gasteiger partial charge in [-0.1, -0.05) is 0 Å². The van der Waals surface area contributed by atoms with Crippen molar-refractivity contribution < 1.29 is 20.4 Å². The first-order chi connectivity index (χ1) is 8.98. The standard InChI is InChI=1S/C17H24N.2ClH.Ti/c1-17(2,3)15-9-7-8-14(12-15)13-18-16-10-5-4-6-11-16;;;/h7-9,13,16H,4-6,10-11H2,1-3H3;2*1H;. The van der Waals surface area contributed by atoms with E-state index in [2.05, 4.69) is 65.6 Å². The molecule has 2 rings (SSSR count). The molecule has 117 valence electrons. The van der Waals surface area contributed by atoms with E-state index in [9.17, 15) is 0 Å². The Morgan fingerprint density at radius 1 is 1.10 bits per heavy atom. The van der Waals surface area contributed by atoms with Gasteiger partial charge in [-0.3, -0.25) is 0 Å². The predicted molar refractivity (Wildman–Crippen MR) is 93.7 cm³/mol.